The highest BCUT2D eigenvalue weighted by Gasteiger charge is 2.39. The minimum Gasteiger partial charge on any atom is -0.460 e. The van der Waals surface area contributed by atoms with Crippen LogP contribution in [0.25, 0.3) is 0 Å². The van der Waals surface area contributed by atoms with Crippen LogP contribution in [-0.2, 0) is 19.2 Å². The summed E-state index contributed by atoms with van der Waals surface area (Å²) in [4.78, 5) is 22.9. The van der Waals surface area contributed by atoms with Crippen LogP contribution < -0.4 is 0 Å². The molecule has 1 unspecified atom stereocenters. The van der Waals surface area contributed by atoms with Crippen molar-refractivity contribution >= 4 is 34.7 Å². The second kappa shape index (κ2) is 5.41. The molecule has 1 atom stereocenters. The van der Waals surface area contributed by atoms with Crippen molar-refractivity contribution in [2.75, 3.05) is 0 Å². The fourth-order valence-corrected chi connectivity index (χ4v) is 2.63. The maximum atomic E-state index is 11.8. The van der Waals surface area contributed by atoms with Crippen molar-refractivity contribution in [2.45, 2.75) is 44.6 Å². The summed E-state index contributed by atoms with van der Waals surface area (Å²) >= 11 is 7.68. The largest absolute Gasteiger partial charge is 0.460 e. The van der Waals surface area contributed by atoms with Crippen molar-refractivity contribution < 1.29 is 14.3 Å². The molecule has 0 bridgehead atoms. The summed E-state index contributed by atoms with van der Waals surface area (Å²) in [6.07, 6.45) is -0.151. The van der Waals surface area contributed by atoms with Crippen LogP contribution in [0, 0.1) is 0 Å². The summed E-state index contributed by atoms with van der Waals surface area (Å²) in [7, 11) is 0. The molecule has 3 nitrogen and oxygen atoms in total. The molecule has 0 aromatic carbocycles. The van der Waals surface area contributed by atoms with Gasteiger partial charge in [0.2, 0.25) is 0 Å². The lowest BCUT2D eigenvalue weighted by Crippen LogP contribution is -2.33. The van der Waals surface area contributed by atoms with E-state index in [0.717, 1.165) is 0 Å². The third-order valence-electron chi connectivity index (χ3n) is 2.28. The molecule has 0 saturated heterocycles. The molecule has 18 heavy (non-hydrogen) atoms. The van der Waals surface area contributed by atoms with E-state index < -0.39 is 16.4 Å². The molecule has 0 amide bonds. The average molecular weight is 289 g/mol. The van der Waals surface area contributed by atoms with Gasteiger partial charge in [0.15, 0.2) is 5.78 Å². The Morgan fingerprint density at radius 1 is 1.39 bits per heavy atom. The van der Waals surface area contributed by atoms with Crippen molar-refractivity contribution in [1.82, 2.24) is 0 Å². The number of esters is 1. The number of carbonyl (C=O) groups is 2. The smallest absolute Gasteiger partial charge is 0.308 e. The van der Waals surface area contributed by atoms with E-state index in [1.54, 1.807) is 32.9 Å². The Labute approximate surface area is 116 Å². The lowest BCUT2D eigenvalue weighted by molar-refractivity contribution is -0.156. The molecule has 0 saturated carbocycles. The Morgan fingerprint density at radius 3 is 2.39 bits per heavy atom. The first-order valence-corrected chi connectivity index (χ1v) is 6.87. The summed E-state index contributed by atoms with van der Waals surface area (Å²) in [5.74, 6) is -0.724. The number of ether oxygens (including phenoxy) is 1. The normalized spacial score (nSPS) is 14.9. The Bertz CT molecular complexity index is 434. The van der Waals surface area contributed by atoms with E-state index in [2.05, 4.69) is 0 Å². The van der Waals surface area contributed by atoms with Crippen molar-refractivity contribution in [3.63, 3.8) is 0 Å². The van der Waals surface area contributed by atoms with Gasteiger partial charge in [0.05, 0.1) is 6.42 Å². The number of carbonyl (C=O) groups excluding carboxylic acids is 2. The topological polar surface area (TPSA) is 43.4 Å². The van der Waals surface area contributed by atoms with E-state index in [4.69, 9.17) is 16.3 Å². The molecular weight excluding hydrogens is 272 g/mol. The minimum atomic E-state index is -1.31. The lowest BCUT2D eigenvalue weighted by atomic mass is 9.98. The fourth-order valence-electron chi connectivity index (χ4n) is 1.47. The monoisotopic (exact) mass is 288 g/mol. The molecular formula is C13H17ClO3S. The molecule has 1 aromatic heterocycles. The number of hydrogen-bond acceptors (Lipinski definition) is 4. The molecule has 100 valence electrons. The molecule has 5 heteroatoms. The van der Waals surface area contributed by atoms with Crippen LogP contribution in [-0.4, -0.2) is 17.4 Å². The highest BCUT2D eigenvalue weighted by molar-refractivity contribution is 7.10. The molecule has 1 heterocycles. The number of alkyl halides is 1. The highest BCUT2D eigenvalue weighted by Crippen LogP contribution is 2.37. The van der Waals surface area contributed by atoms with Gasteiger partial charge < -0.3 is 4.74 Å². The first kappa shape index (κ1) is 15.2. The van der Waals surface area contributed by atoms with Crippen LogP contribution in [0.3, 0.4) is 0 Å². The third-order valence-corrected chi connectivity index (χ3v) is 4.02. The zero-order valence-corrected chi connectivity index (χ0v) is 12.5. The summed E-state index contributed by atoms with van der Waals surface area (Å²) in [6.45, 7) is 6.72. The standard InChI is InChI=1S/C13H17ClO3S/c1-9(15)13(14,10-6-5-7-18-10)8-11(16)17-12(2,3)4/h5-7H,8H2,1-4H3. The van der Waals surface area contributed by atoms with Gasteiger partial charge in [0.1, 0.15) is 10.5 Å². The summed E-state index contributed by atoms with van der Waals surface area (Å²) in [6, 6.07) is 3.55. The summed E-state index contributed by atoms with van der Waals surface area (Å²) in [5, 5.41) is 1.82. The molecule has 0 aliphatic rings. The van der Waals surface area contributed by atoms with Gasteiger partial charge in [-0.05, 0) is 39.1 Å². The number of rotatable bonds is 4. The van der Waals surface area contributed by atoms with Crippen molar-refractivity contribution in [3.8, 4) is 0 Å². The van der Waals surface area contributed by atoms with Crippen LogP contribution in [0.5, 0.6) is 0 Å². The van der Waals surface area contributed by atoms with E-state index in [-0.39, 0.29) is 12.2 Å². The summed E-state index contributed by atoms with van der Waals surface area (Å²) < 4.78 is 5.21. The number of thiophene rings is 1. The number of hydrogen-bond donors (Lipinski definition) is 0. The molecule has 1 rings (SSSR count). The van der Waals surface area contributed by atoms with Crippen molar-refractivity contribution in [3.05, 3.63) is 22.4 Å². The number of ketones is 1. The van der Waals surface area contributed by atoms with Gasteiger partial charge >= 0.3 is 5.97 Å². The van der Waals surface area contributed by atoms with Crippen LogP contribution in [0.1, 0.15) is 39.0 Å². The second-order valence-corrected chi connectivity index (χ2v) is 6.69. The zero-order chi connectivity index (χ0) is 14.0. The van der Waals surface area contributed by atoms with E-state index in [0.29, 0.717) is 4.88 Å². The maximum Gasteiger partial charge on any atom is 0.308 e. The average Bonchev–Trinajstić information content (AvgIpc) is 2.66. The molecule has 0 fully saturated rings. The van der Waals surface area contributed by atoms with Gasteiger partial charge in [0.25, 0.3) is 0 Å². The molecule has 0 aliphatic carbocycles. The first-order valence-electron chi connectivity index (χ1n) is 5.61. The Hall–Kier alpha value is -0.870. The predicted molar refractivity (Wildman–Crippen MR) is 73.0 cm³/mol. The van der Waals surface area contributed by atoms with Crippen molar-refractivity contribution in [2.24, 2.45) is 0 Å². The molecule has 1 aromatic rings. The van der Waals surface area contributed by atoms with Crippen LogP contribution in [0.15, 0.2) is 17.5 Å². The number of halogens is 1. The summed E-state index contributed by atoms with van der Waals surface area (Å²) in [5.41, 5.74) is -0.582. The minimum absolute atomic E-state index is 0.151. The van der Waals surface area contributed by atoms with Gasteiger partial charge in [-0.2, -0.15) is 0 Å². The van der Waals surface area contributed by atoms with Gasteiger partial charge in [0, 0.05) is 4.88 Å². The van der Waals surface area contributed by atoms with Crippen LogP contribution >= 0.6 is 22.9 Å². The zero-order valence-electron chi connectivity index (χ0n) is 11.0. The SMILES string of the molecule is CC(=O)C(Cl)(CC(=O)OC(C)(C)C)c1cccs1. The van der Waals surface area contributed by atoms with E-state index in [1.807, 2.05) is 5.38 Å². The maximum absolute atomic E-state index is 11.8. The van der Waals surface area contributed by atoms with Gasteiger partial charge in [-0.25, -0.2) is 0 Å². The molecule has 0 spiro atoms. The first-order chi connectivity index (χ1) is 8.15. The van der Waals surface area contributed by atoms with E-state index in [1.165, 1.54) is 18.3 Å². The lowest BCUT2D eigenvalue weighted by Gasteiger charge is -2.25. The van der Waals surface area contributed by atoms with Gasteiger partial charge in [-0.1, -0.05) is 6.07 Å². The van der Waals surface area contributed by atoms with Gasteiger partial charge in [-0.15, -0.1) is 22.9 Å². The van der Waals surface area contributed by atoms with Crippen molar-refractivity contribution in [1.29, 1.82) is 0 Å². The third kappa shape index (κ3) is 3.82. The molecule has 0 radical (unpaired) electrons. The Kier molecular flexibility index (Phi) is 4.56. The quantitative estimate of drug-likeness (QED) is 0.629. The molecule has 0 N–H and O–H groups in total. The Morgan fingerprint density at radius 2 is 2.00 bits per heavy atom. The highest BCUT2D eigenvalue weighted by atomic mass is 35.5. The van der Waals surface area contributed by atoms with E-state index >= 15 is 0 Å². The molecule has 0 aliphatic heterocycles. The second-order valence-electron chi connectivity index (χ2n) is 5.10. The number of Topliss-reactive ketones (excluding diaryl/α,β-unsaturated/α-hetero) is 1. The van der Waals surface area contributed by atoms with Crippen LogP contribution in [0.4, 0.5) is 0 Å². The predicted octanol–water partition coefficient (Wildman–Crippen LogP) is 3.50. The van der Waals surface area contributed by atoms with Gasteiger partial charge in [-0.3, -0.25) is 9.59 Å². The van der Waals surface area contributed by atoms with E-state index in [9.17, 15) is 9.59 Å². The van der Waals surface area contributed by atoms with Crippen LogP contribution in [0.2, 0.25) is 0 Å². The fraction of sp³-hybridized carbons (Fsp3) is 0.538. The Balaban J connectivity index is 2.89.